The number of hydrogen-bond acceptors (Lipinski definition) is 4. The molecule has 6 nitrogen and oxygen atoms in total. The van der Waals surface area contributed by atoms with Crippen LogP contribution >= 0.6 is 0 Å². The van der Waals surface area contributed by atoms with E-state index in [1.807, 2.05) is 0 Å². The van der Waals surface area contributed by atoms with Gasteiger partial charge in [0.15, 0.2) is 0 Å². The summed E-state index contributed by atoms with van der Waals surface area (Å²) in [6, 6.07) is 6.84. The number of sulfonamides is 1. The van der Waals surface area contributed by atoms with E-state index < -0.39 is 16.0 Å². The van der Waals surface area contributed by atoms with Gasteiger partial charge in [0.25, 0.3) is 0 Å². The van der Waals surface area contributed by atoms with Crippen LogP contribution in [-0.2, 0) is 16.6 Å². The molecule has 21 heavy (non-hydrogen) atoms. The normalized spacial score (nSPS) is 11.8. The maximum absolute atomic E-state index is 12.4. The highest BCUT2D eigenvalue weighted by Gasteiger charge is 2.22. The van der Waals surface area contributed by atoms with E-state index >= 15 is 0 Å². The summed E-state index contributed by atoms with van der Waals surface area (Å²) in [4.78, 5) is 10.8. The summed E-state index contributed by atoms with van der Waals surface area (Å²) in [6.07, 6.45) is 1.51. The second-order valence-corrected chi connectivity index (χ2v) is 6.64. The van der Waals surface area contributed by atoms with Gasteiger partial charge in [0.05, 0.1) is 16.7 Å². The zero-order chi connectivity index (χ0) is 15.6. The van der Waals surface area contributed by atoms with Gasteiger partial charge in [-0.25, -0.2) is 13.2 Å². The van der Waals surface area contributed by atoms with Crippen LogP contribution in [0.4, 0.5) is 0 Å². The van der Waals surface area contributed by atoms with E-state index in [-0.39, 0.29) is 17.0 Å². The van der Waals surface area contributed by atoms with Gasteiger partial charge in [0.2, 0.25) is 10.0 Å². The SMILES string of the molecule is Cc1occc1CN(C)S(=O)(=O)c1ccc(C(=O)O)cc1. The first-order valence-corrected chi connectivity index (χ1v) is 7.59. The molecular formula is C14H15NO5S. The summed E-state index contributed by atoms with van der Waals surface area (Å²) in [6.45, 7) is 1.95. The van der Waals surface area contributed by atoms with Crippen molar-refractivity contribution in [3.63, 3.8) is 0 Å². The molecule has 0 aliphatic carbocycles. The van der Waals surface area contributed by atoms with E-state index in [1.165, 1.54) is 41.9 Å². The summed E-state index contributed by atoms with van der Waals surface area (Å²) < 4.78 is 31.1. The van der Waals surface area contributed by atoms with Gasteiger partial charge in [0, 0.05) is 19.2 Å². The molecule has 1 aromatic heterocycles. The van der Waals surface area contributed by atoms with Gasteiger partial charge in [-0.15, -0.1) is 0 Å². The maximum atomic E-state index is 12.4. The standard InChI is InChI=1S/C14H15NO5S/c1-10-12(7-8-20-10)9-15(2)21(18,19)13-5-3-11(4-6-13)14(16)17/h3-8H,9H2,1-2H3,(H,16,17). The monoisotopic (exact) mass is 309 g/mol. The van der Waals surface area contributed by atoms with Crippen molar-refractivity contribution in [1.29, 1.82) is 0 Å². The number of aryl methyl sites for hydroxylation is 1. The van der Waals surface area contributed by atoms with Gasteiger partial charge in [-0.05, 0) is 37.3 Å². The molecule has 0 amide bonds. The van der Waals surface area contributed by atoms with Gasteiger partial charge in [0.1, 0.15) is 5.76 Å². The summed E-state index contributed by atoms with van der Waals surface area (Å²) >= 11 is 0. The Hall–Kier alpha value is -2.12. The molecule has 0 spiro atoms. The number of hydrogen-bond donors (Lipinski definition) is 1. The van der Waals surface area contributed by atoms with Crippen molar-refractivity contribution in [2.45, 2.75) is 18.4 Å². The number of carbonyl (C=O) groups is 1. The molecule has 2 aromatic rings. The molecule has 0 radical (unpaired) electrons. The molecule has 1 N–H and O–H groups in total. The van der Waals surface area contributed by atoms with Crippen molar-refractivity contribution in [1.82, 2.24) is 4.31 Å². The molecule has 0 bridgehead atoms. The molecule has 0 aliphatic rings. The van der Waals surface area contributed by atoms with Crippen LogP contribution in [0.15, 0.2) is 45.9 Å². The zero-order valence-corrected chi connectivity index (χ0v) is 12.4. The first-order chi connectivity index (χ1) is 9.82. The molecule has 1 heterocycles. The average molecular weight is 309 g/mol. The van der Waals surface area contributed by atoms with Crippen molar-refractivity contribution >= 4 is 16.0 Å². The van der Waals surface area contributed by atoms with Crippen molar-refractivity contribution in [3.05, 3.63) is 53.5 Å². The Balaban J connectivity index is 2.24. The Bertz CT molecular complexity index is 746. The molecule has 7 heteroatoms. The van der Waals surface area contributed by atoms with E-state index in [2.05, 4.69) is 0 Å². The first kappa shape index (κ1) is 15.3. The zero-order valence-electron chi connectivity index (χ0n) is 11.6. The quantitative estimate of drug-likeness (QED) is 0.914. The predicted octanol–water partition coefficient (Wildman–Crippen LogP) is 2.11. The maximum Gasteiger partial charge on any atom is 0.335 e. The van der Waals surface area contributed by atoms with Crippen LogP contribution in [0.3, 0.4) is 0 Å². The molecule has 0 aliphatic heterocycles. The highest BCUT2D eigenvalue weighted by atomic mass is 32.2. The van der Waals surface area contributed by atoms with Crippen LogP contribution in [0.1, 0.15) is 21.7 Å². The third-order valence-corrected chi connectivity index (χ3v) is 4.99. The fourth-order valence-electron chi connectivity index (χ4n) is 1.85. The molecule has 0 atom stereocenters. The van der Waals surface area contributed by atoms with Gasteiger partial charge >= 0.3 is 5.97 Å². The third kappa shape index (κ3) is 3.14. The Kier molecular flexibility index (Phi) is 4.15. The highest BCUT2D eigenvalue weighted by Crippen LogP contribution is 2.19. The minimum Gasteiger partial charge on any atom is -0.478 e. The minimum absolute atomic E-state index is 0.0438. The lowest BCUT2D eigenvalue weighted by Gasteiger charge is -2.17. The molecule has 2 rings (SSSR count). The van der Waals surface area contributed by atoms with Gasteiger partial charge in [-0.1, -0.05) is 0 Å². The number of carboxylic acids is 1. The topological polar surface area (TPSA) is 87.8 Å². The van der Waals surface area contributed by atoms with Gasteiger partial charge in [-0.3, -0.25) is 0 Å². The molecular weight excluding hydrogens is 294 g/mol. The lowest BCUT2D eigenvalue weighted by molar-refractivity contribution is 0.0696. The third-order valence-electron chi connectivity index (χ3n) is 3.17. The van der Waals surface area contributed by atoms with Crippen molar-refractivity contribution in [3.8, 4) is 0 Å². The average Bonchev–Trinajstić information content (AvgIpc) is 2.84. The lowest BCUT2D eigenvalue weighted by atomic mass is 10.2. The number of aromatic carboxylic acids is 1. The fraction of sp³-hybridized carbons (Fsp3) is 0.214. The van der Waals surface area contributed by atoms with Crippen molar-refractivity contribution in [2.75, 3.05) is 7.05 Å². The number of benzene rings is 1. The van der Waals surface area contributed by atoms with Crippen molar-refractivity contribution in [2.24, 2.45) is 0 Å². The lowest BCUT2D eigenvalue weighted by Crippen LogP contribution is -2.26. The molecule has 0 saturated heterocycles. The first-order valence-electron chi connectivity index (χ1n) is 6.15. The van der Waals surface area contributed by atoms with Crippen LogP contribution in [0.25, 0.3) is 0 Å². The number of carboxylic acid groups (broad SMARTS) is 1. The molecule has 0 fully saturated rings. The molecule has 112 valence electrons. The highest BCUT2D eigenvalue weighted by molar-refractivity contribution is 7.89. The largest absolute Gasteiger partial charge is 0.478 e. The van der Waals surface area contributed by atoms with Crippen LogP contribution in [0, 0.1) is 6.92 Å². The number of nitrogens with zero attached hydrogens (tertiary/aromatic N) is 1. The summed E-state index contributed by atoms with van der Waals surface area (Å²) in [7, 11) is -2.21. The number of furan rings is 1. The Labute approximate surface area is 122 Å². The smallest absolute Gasteiger partial charge is 0.335 e. The molecule has 1 aromatic carbocycles. The van der Waals surface area contributed by atoms with Gasteiger partial charge in [-0.2, -0.15) is 4.31 Å². The second kappa shape index (κ2) is 5.71. The van der Waals surface area contributed by atoms with Gasteiger partial charge < -0.3 is 9.52 Å². The molecule has 0 saturated carbocycles. The van der Waals surface area contributed by atoms with E-state index in [1.54, 1.807) is 13.0 Å². The van der Waals surface area contributed by atoms with Crippen LogP contribution in [-0.4, -0.2) is 30.8 Å². The van der Waals surface area contributed by atoms with Crippen LogP contribution in [0.5, 0.6) is 0 Å². The Morgan fingerprint density at radius 2 is 1.86 bits per heavy atom. The van der Waals surface area contributed by atoms with E-state index in [4.69, 9.17) is 9.52 Å². The Morgan fingerprint density at radius 3 is 2.33 bits per heavy atom. The Morgan fingerprint density at radius 1 is 1.24 bits per heavy atom. The minimum atomic E-state index is -3.68. The summed E-state index contributed by atoms with van der Waals surface area (Å²) in [5.41, 5.74) is 0.825. The van der Waals surface area contributed by atoms with Crippen LogP contribution < -0.4 is 0 Å². The van der Waals surface area contributed by atoms with Crippen molar-refractivity contribution < 1.29 is 22.7 Å². The summed E-state index contributed by atoms with van der Waals surface area (Å²) in [5.74, 6) is -0.431. The fourth-order valence-corrected chi connectivity index (χ4v) is 3.00. The number of rotatable bonds is 5. The predicted molar refractivity (Wildman–Crippen MR) is 75.5 cm³/mol. The summed E-state index contributed by atoms with van der Waals surface area (Å²) in [5, 5.41) is 8.82. The van der Waals surface area contributed by atoms with E-state index in [0.717, 1.165) is 5.56 Å². The van der Waals surface area contributed by atoms with E-state index in [9.17, 15) is 13.2 Å². The second-order valence-electron chi connectivity index (χ2n) is 4.59. The van der Waals surface area contributed by atoms with Crippen LogP contribution in [0.2, 0.25) is 0 Å². The van der Waals surface area contributed by atoms with E-state index in [0.29, 0.717) is 5.76 Å². The molecule has 0 unspecified atom stereocenters.